The summed E-state index contributed by atoms with van der Waals surface area (Å²) in [6.07, 6.45) is -1.96. The maximum absolute atomic E-state index is 11.8. The smallest absolute Gasteiger partial charge is 0.280 e. The number of aliphatic hydroxyl groups excluding tert-OH is 2. The summed E-state index contributed by atoms with van der Waals surface area (Å²) >= 11 is 0. The molecule has 10 nitrogen and oxygen atoms in total. The van der Waals surface area contributed by atoms with Crippen LogP contribution in [0.25, 0.3) is 11.2 Å². The molecular formula is C11H15N5O5. The number of nitrogens with zero attached hydrogens (tertiary/aromatic N) is 3. The number of aliphatic hydroxyl groups is 2. The molecule has 2 aromatic rings. The molecule has 21 heavy (non-hydrogen) atoms. The quantitative estimate of drug-likeness (QED) is 0.506. The molecule has 0 amide bonds. The summed E-state index contributed by atoms with van der Waals surface area (Å²) in [6.45, 7) is -0.361. The van der Waals surface area contributed by atoms with E-state index in [0.717, 1.165) is 0 Å². The molecule has 1 saturated heterocycles. The molecule has 3 heterocycles. The lowest BCUT2D eigenvalue weighted by molar-refractivity contribution is -0.0583. The van der Waals surface area contributed by atoms with Crippen molar-refractivity contribution in [3.63, 3.8) is 0 Å². The number of H-pyrrole nitrogens is 1. The normalized spacial score (nSPS) is 29.3. The van der Waals surface area contributed by atoms with Gasteiger partial charge in [0.05, 0.1) is 12.9 Å². The van der Waals surface area contributed by atoms with E-state index in [1.54, 1.807) is 0 Å². The van der Waals surface area contributed by atoms with Crippen molar-refractivity contribution in [2.75, 3.05) is 19.5 Å². The molecule has 0 spiro atoms. The van der Waals surface area contributed by atoms with Crippen LogP contribution < -0.4 is 11.3 Å². The highest BCUT2D eigenvalue weighted by Gasteiger charge is 2.45. The molecule has 0 aliphatic carbocycles. The van der Waals surface area contributed by atoms with Crippen LogP contribution in [0.1, 0.15) is 6.23 Å². The molecule has 114 valence electrons. The highest BCUT2D eigenvalue weighted by molar-refractivity contribution is 5.70. The Morgan fingerprint density at radius 1 is 1.62 bits per heavy atom. The van der Waals surface area contributed by atoms with Crippen LogP contribution in [-0.2, 0) is 9.47 Å². The third-order valence-corrected chi connectivity index (χ3v) is 3.49. The van der Waals surface area contributed by atoms with E-state index >= 15 is 0 Å². The third kappa shape index (κ3) is 2.08. The van der Waals surface area contributed by atoms with Gasteiger partial charge >= 0.3 is 0 Å². The molecule has 0 bridgehead atoms. The zero-order valence-corrected chi connectivity index (χ0v) is 11.1. The van der Waals surface area contributed by atoms with Gasteiger partial charge in [-0.05, 0) is 0 Å². The summed E-state index contributed by atoms with van der Waals surface area (Å²) in [7, 11) is 1.41. The molecule has 1 aliphatic rings. The number of aromatic amines is 1. The van der Waals surface area contributed by atoms with Gasteiger partial charge in [0.25, 0.3) is 5.56 Å². The molecule has 1 fully saturated rings. The number of imidazole rings is 1. The Kier molecular flexibility index (Phi) is 3.37. The van der Waals surface area contributed by atoms with Gasteiger partial charge in [0.2, 0.25) is 5.95 Å². The van der Waals surface area contributed by atoms with Gasteiger partial charge in [0.1, 0.15) is 18.3 Å². The van der Waals surface area contributed by atoms with E-state index in [2.05, 4.69) is 15.0 Å². The summed E-state index contributed by atoms with van der Waals surface area (Å²) in [4.78, 5) is 22.1. The fourth-order valence-corrected chi connectivity index (χ4v) is 2.48. The van der Waals surface area contributed by atoms with Crippen molar-refractivity contribution in [2.24, 2.45) is 0 Å². The van der Waals surface area contributed by atoms with Gasteiger partial charge in [-0.25, -0.2) is 4.98 Å². The lowest BCUT2D eigenvalue weighted by Crippen LogP contribution is -2.34. The molecule has 1 unspecified atom stereocenters. The maximum atomic E-state index is 11.8. The second-order valence-corrected chi connectivity index (χ2v) is 4.71. The lowest BCUT2D eigenvalue weighted by Gasteiger charge is -2.19. The highest BCUT2D eigenvalue weighted by Crippen LogP contribution is 2.32. The van der Waals surface area contributed by atoms with Crippen LogP contribution in [0.4, 0.5) is 5.95 Å². The number of anilines is 1. The maximum Gasteiger partial charge on any atom is 0.280 e. The Morgan fingerprint density at radius 2 is 2.38 bits per heavy atom. The molecule has 0 aromatic carbocycles. The van der Waals surface area contributed by atoms with Gasteiger partial charge in [-0.15, -0.1) is 0 Å². The molecule has 0 saturated carbocycles. The summed E-state index contributed by atoms with van der Waals surface area (Å²) in [5, 5.41) is 19.3. The Hall–Kier alpha value is -2.01. The second kappa shape index (κ2) is 5.07. The number of aromatic nitrogens is 4. The van der Waals surface area contributed by atoms with Gasteiger partial charge in [-0.1, -0.05) is 0 Å². The Morgan fingerprint density at radius 3 is 3.05 bits per heavy atom. The summed E-state index contributed by atoms with van der Waals surface area (Å²) < 4.78 is 12.2. The van der Waals surface area contributed by atoms with Gasteiger partial charge in [0, 0.05) is 7.11 Å². The Bertz CT molecular complexity index is 713. The number of nitrogens with two attached hydrogens (primary N) is 1. The molecule has 10 heteroatoms. The number of nitrogen functional groups attached to an aromatic ring is 1. The number of fused-ring (bicyclic) bond motifs is 1. The average molecular weight is 297 g/mol. The van der Waals surface area contributed by atoms with Crippen molar-refractivity contribution < 1.29 is 19.7 Å². The van der Waals surface area contributed by atoms with Crippen molar-refractivity contribution in [1.29, 1.82) is 0 Å². The number of hydrogen-bond acceptors (Lipinski definition) is 8. The fraction of sp³-hybridized carbons (Fsp3) is 0.545. The van der Waals surface area contributed by atoms with Crippen LogP contribution in [0.3, 0.4) is 0 Å². The number of nitrogens with one attached hydrogen (secondary N) is 1. The van der Waals surface area contributed by atoms with Crippen molar-refractivity contribution in [3.05, 3.63) is 16.7 Å². The highest BCUT2D eigenvalue weighted by atomic mass is 16.6. The SMILES string of the molecule is CO[C@H]1C(n2cnc3c(=O)[nH]c(N)nc32)O[C@H](CO)[C@H]1O. The van der Waals surface area contributed by atoms with Gasteiger partial charge in [-0.2, -0.15) is 4.98 Å². The van der Waals surface area contributed by atoms with E-state index in [9.17, 15) is 15.0 Å². The van der Waals surface area contributed by atoms with E-state index in [0.29, 0.717) is 0 Å². The lowest BCUT2D eigenvalue weighted by atomic mass is 10.1. The molecule has 1 aliphatic heterocycles. The first-order valence-electron chi connectivity index (χ1n) is 6.26. The molecule has 3 rings (SSSR count). The van der Waals surface area contributed by atoms with E-state index in [1.165, 1.54) is 18.0 Å². The van der Waals surface area contributed by atoms with Crippen LogP contribution in [0.2, 0.25) is 0 Å². The van der Waals surface area contributed by atoms with E-state index < -0.39 is 30.1 Å². The van der Waals surface area contributed by atoms with Crippen molar-refractivity contribution in [3.8, 4) is 0 Å². The first-order chi connectivity index (χ1) is 10.1. The predicted octanol–water partition coefficient (Wildman–Crippen LogP) is -2.03. The zero-order valence-electron chi connectivity index (χ0n) is 11.1. The van der Waals surface area contributed by atoms with Crippen LogP contribution in [-0.4, -0.2) is 61.8 Å². The summed E-state index contributed by atoms with van der Waals surface area (Å²) in [5.41, 5.74) is 5.38. The number of rotatable bonds is 3. The monoisotopic (exact) mass is 297 g/mol. The fourth-order valence-electron chi connectivity index (χ4n) is 2.48. The largest absolute Gasteiger partial charge is 0.394 e. The topological polar surface area (TPSA) is 149 Å². The van der Waals surface area contributed by atoms with Crippen molar-refractivity contribution >= 4 is 17.1 Å². The predicted molar refractivity (Wildman–Crippen MR) is 70.4 cm³/mol. The molecule has 5 N–H and O–H groups in total. The standard InChI is InChI=1S/C11H15N5O5/c1-20-7-6(18)4(2-17)21-10(7)16-3-13-5-8(16)14-11(12)15-9(5)19/h3-4,6-7,10,17-18H,2H2,1H3,(H3,12,14,15,19)/t4-,6-,7-,10?/m1/s1. The molecular weight excluding hydrogens is 282 g/mol. The van der Waals surface area contributed by atoms with E-state index in [-0.39, 0.29) is 23.7 Å². The molecule has 0 radical (unpaired) electrons. The first kappa shape index (κ1) is 13.9. The number of ether oxygens (including phenoxy) is 2. The second-order valence-electron chi connectivity index (χ2n) is 4.71. The minimum Gasteiger partial charge on any atom is -0.394 e. The minimum atomic E-state index is -1.01. The van der Waals surface area contributed by atoms with E-state index in [1.807, 2.05) is 0 Å². The van der Waals surface area contributed by atoms with Crippen molar-refractivity contribution in [1.82, 2.24) is 19.5 Å². The third-order valence-electron chi connectivity index (χ3n) is 3.49. The Balaban J connectivity index is 2.10. The minimum absolute atomic E-state index is 0.0551. The molecule has 4 atom stereocenters. The van der Waals surface area contributed by atoms with Crippen LogP contribution in [0, 0.1) is 0 Å². The summed E-state index contributed by atoms with van der Waals surface area (Å²) in [5.74, 6) is -0.0551. The van der Waals surface area contributed by atoms with Crippen molar-refractivity contribution in [2.45, 2.75) is 24.5 Å². The average Bonchev–Trinajstić information content (AvgIpc) is 2.99. The number of hydrogen-bond donors (Lipinski definition) is 4. The molecule has 2 aromatic heterocycles. The van der Waals surface area contributed by atoms with Gasteiger partial charge < -0.3 is 25.4 Å². The number of methoxy groups -OCH3 is 1. The zero-order chi connectivity index (χ0) is 15.1. The first-order valence-corrected chi connectivity index (χ1v) is 6.26. The van der Waals surface area contributed by atoms with Crippen LogP contribution in [0.15, 0.2) is 11.1 Å². The van der Waals surface area contributed by atoms with Gasteiger partial charge in [-0.3, -0.25) is 14.3 Å². The van der Waals surface area contributed by atoms with Gasteiger partial charge in [0.15, 0.2) is 17.4 Å². The Labute approximate surface area is 118 Å². The van der Waals surface area contributed by atoms with Crippen LogP contribution >= 0.6 is 0 Å². The van der Waals surface area contributed by atoms with E-state index in [4.69, 9.17) is 15.2 Å². The van der Waals surface area contributed by atoms with Crippen LogP contribution in [0.5, 0.6) is 0 Å². The summed E-state index contributed by atoms with van der Waals surface area (Å²) in [6, 6.07) is 0.